The van der Waals surface area contributed by atoms with Crippen LogP contribution < -0.4 is 5.73 Å². The molecular formula is C14H20BrN3. The van der Waals surface area contributed by atoms with E-state index in [1.165, 1.54) is 5.56 Å². The first-order valence-corrected chi connectivity index (χ1v) is 6.97. The molecule has 0 bridgehead atoms. The van der Waals surface area contributed by atoms with Crippen LogP contribution in [0.2, 0.25) is 0 Å². The van der Waals surface area contributed by atoms with Gasteiger partial charge in [-0.25, -0.2) is 0 Å². The molecular weight excluding hydrogens is 290 g/mol. The Kier molecular flexibility index (Phi) is 6.34. The van der Waals surface area contributed by atoms with Gasteiger partial charge in [0.2, 0.25) is 0 Å². The van der Waals surface area contributed by atoms with Gasteiger partial charge in [-0.2, -0.15) is 5.26 Å². The summed E-state index contributed by atoms with van der Waals surface area (Å²) in [5.41, 5.74) is 7.43. The van der Waals surface area contributed by atoms with Crippen molar-refractivity contribution in [1.29, 1.82) is 5.26 Å². The van der Waals surface area contributed by atoms with Gasteiger partial charge in [0.25, 0.3) is 0 Å². The molecule has 98 valence electrons. The van der Waals surface area contributed by atoms with Crippen molar-refractivity contribution in [2.24, 2.45) is 5.73 Å². The third-order valence-corrected chi connectivity index (χ3v) is 3.61. The summed E-state index contributed by atoms with van der Waals surface area (Å²) < 4.78 is 1.06. The van der Waals surface area contributed by atoms with Crippen LogP contribution >= 0.6 is 15.9 Å². The third kappa shape index (κ3) is 4.09. The summed E-state index contributed by atoms with van der Waals surface area (Å²) in [6, 6.07) is 10.6. The highest BCUT2D eigenvalue weighted by Gasteiger charge is 2.22. The maximum absolute atomic E-state index is 8.69. The molecule has 0 radical (unpaired) electrons. The van der Waals surface area contributed by atoms with E-state index in [4.69, 9.17) is 11.0 Å². The summed E-state index contributed by atoms with van der Waals surface area (Å²) in [6.07, 6.45) is 1.44. The van der Waals surface area contributed by atoms with E-state index in [1.54, 1.807) is 0 Å². The second-order valence-corrected chi connectivity index (χ2v) is 5.38. The van der Waals surface area contributed by atoms with Gasteiger partial charge in [-0.05, 0) is 31.2 Å². The number of benzene rings is 1. The highest BCUT2D eigenvalue weighted by atomic mass is 79.9. The van der Waals surface area contributed by atoms with Crippen LogP contribution in [-0.4, -0.2) is 24.5 Å². The maximum atomic E-state index is 8.69. The average Bonchev–Trinajstić information content (AvgIpc) is 2.36. The van der Waals surface area contributed by atoms with Crippen LogP contribution in [0.4, 0.5) is 0 Å². The lowest BCUT2D eigenvalue weighted by Gasteiger charge is -2.32. The van der Waals surface area contributed by atoms with Gasteiger partial charge in [-0.15, -0.1) is 0 Å². The molecule has 0 heterocycles. The lowest BCUT2D eigenvalue weighted by atomic mass is 9.96. The molecule has 0 fully saturated rings. The van der Waals surface area contributed by atoms with E-state index in [-0.39, 0.29) is 12.1 Å². The fourth-order valence-corrected chi connectivity index (χ4v) is 2.52. The van der Waals surface area contributed by atoms with E-state index in [2.05, 4.69) is 46.0 Å². The number of hydrogen-bond acceptors (Lipinski definition) is 3. The Morgan fingerprint density at radius 1 is 1.50 bits per heavy atom. The summed E-state index contributed by atoms with van der Waals surface area (Å²) in [6.45, 7) is 2.83. The van der Waals surface area contributed by atoms with Gasteiger partial charge in [0.05, 0.1) is 6.07 Å². The number of likely N-dealkylation sites (N-methyl/N-ethyl adjacent to an activating group) is 1. The summed E-state index contributed by atoms with van der Waals surface area (Å²) >= 11 is 3.49. The molecule has 1 aromatic rings. The summed E-state index contributed by atoms with van der Waals surface area (Å²) in [7, 11) is 2.03. The van der Waals surface area contributed by atoms with Crippen molar-refractivity contribution in [2.45, 2.75) is 31.8 Å². The molecule has 0 aromatic heterocycles. The van der Waals surface area contributed by atoms with Crippen molar-refractivity contribution < 1.29 is 0 Å². The molecule has 0 aliphatic carbocycles. The molecule has 0 aliphatic heterocycles. The van der Waals surface area contributed by atoms with Gasteiger partial charge in [0.15, 0.2) is 0 Å². The Morgan fingerprint density at radius 2 is 2.22 bits per heavy atom. The van der Waals surface area contributed by atoms with Gasteiger partial charge in [-0.1, -0.05) is 35.0 Å². The first-order valence-electron chi connectivity index (χ1n) is 6.18. The molecule has 3 nitrogen and oxygen atoms in total. The van der Waals surface area contributed by atoms with Crippen molar-refractivity contribution in [3.63, 3.8) is 0 Å². The largest absolute Gasteiger partial charge is 0.326 e. The Labute approximate surface area is 118 Å². The van der Waals surface area contributed by atoms with Gasteiger partial charge in [0.1, 0.15) is 0 Å². The summed E-state index contributed by atoms with van der Waals surface area (Å²) in [5, 5.41) is 8.69. The van der Waals surface area contributed by atoms with Crippen LogP contribution in [0.1, 0.15) is 31.4 Å². The zero-order valence-corrected chi connectivity index (χ0v) is 12.5. The highest BCUT2D eigenvalue weighted by molar-refractivity contribution is 9.10. The fraction of sp³-hybridized carbons (Fsp3) is 0.500. The summed E-state index contributed by atoms with van der Waals surface area (Å²) in [4.78, 5) is 2.17. The normalized spacial score (nSPS) is 14.2. The van der Waals surface area contributed by atoms with Crippen LogP contribution in [0.3, 0.4) is 0 Å². The Hall–Kier alpha value is -0.890. The minimum Gasteiger partial charge on any atom is -0.326 e. The number of nitrogens with zero attached hydrogens (tertiary/aromatic N) is 2. The van der Waals surface area contributed by atoms with Crippen molar-refractivity contribution in [2.75, 3.05) is 13.6 Å². The van der Waals surface area contributed by atoms with Gasteiger partial charge in [-0.3, -0.25) is 4.90 Å². The smallest absolute Gasteiger partial charge is 0.0635 e. The van der Waals surface area contributed by atoms with Gasteiger partial charge >= 0.3 is 0 Å². The van der Waals surface area contributed by atoms with E-state index in [1.807, 2.05) is 19.2 Å². The molecule has 18 heavy (non-hydrogen) atoms. The molecule has 2 N–H and O–H groups in total. The minimum absolute atomic E-state index is 0.0722. The molecule has 0 saturated carbocycles. The van der Waals surface area contributed by atoms with E-state index < -0.39 is 0 Å². The first kappa shape index (κ1) is 15.2. The lowest BCUT2D eigenvalue weighted by Crippen LogP contribution is -2.39. The van der Waals surface area contributed by atoms with E-state index in [0.717, 1.165) is 17.4 Å². The van der Waals surface area contributed by atoms with Crippen molar-refractivity contribution in [3.8, 4) is 6.07 Å². The number of nitriles is 1. The molecule has 2 atom stereocenters. The van der Waals surface area contributed by atoms with Gasteiger partial charge in [0, 0.05) is 29.5 Å². The second-order valence-electron chi connectivity index (χ2n) is 4.46. The van der Waals surface area contributed by atoms with E-state index in [0.29, 0.717) is 6.42 Å². The van der Waals surface area contributed by atoms with Crippen LogP contribution in [0.25, 0.3) is 0 Å². The molecule has 1 rings (SSSR count). The molecule has 0 amide bonds. The predicted molar refractivity (Wildman–Crippen MR) is 78.0 cm³/mol. The molecule has 4 heteroatoms. The van der Waals surface area contributed by atoms with Crippen LogP contribution in [-0.2, 0) is 0 Å². The minimum atomic E-state index is 0.0722. The SMILES string of the molecule is CCC(N)C(c1cccc(Br)c1)N(C)CCC#N. The summed E-state index contributed by atoms with van der Waals surface area (Å²) in [5.74, 6) is 0. The number of nitrogens with two attached hydrogens (primary N) is 1. The predicted octanol–water partition coefficient (Wildman–Crippen LogP) is 3.07. The lowest BCUT2D eigenvalue weighted by molar-refractivity contribution is 0.214. The highest BCUT2D eigenvalue weighted by Crippen LogP contribution is 2.26. The standard InChI is InChI=1S/C14H20BrN3/c1-3-13(17)14(18(2)9-5-8-16)11-6-4-7-12(15)10-11/h4,6-7,10,13-14H,3,5,9,17H2,1-2H3. The molecule has 0 aliphatic rings. The Balaban J connectivity index is 2.94. The van der Waals surface area contributed by atoms with Crippen molar-refractivity contribution >= 4 is 15.9 Å². The third-order valence-electron chi connectivity index (χ3n) is 3.12. The molecule has 2 unspecified atom stereocenters. The zero-order valence-electron chi connectivity index (χ0n) is 10.9. The van der Waals surface area contributed by atoms with Crippen molar-refractivity contribution in [1.82, 2.24) is 4.90 Å². The second kappa shape index (κ2) is 7.52. The monoisotopic (exact) mass is 309 g/mol. The van der Waals surface area contributed by atoms with Crippen LogP contribution in [0.5, 0.6) is 0 Å². The van der Waals surface area contributed by atoms with Gasteiger partial charge < -0.3 is 5.73 Å². The number of halogens is 1. The molecule has 0 saturated heterocycles. The van der Waals surface area contributed by atoms with E-state index in [9.17, 15) is 0 Å². The number of hydrogen-bond donors (Lipinski definition) is 1. The fourth-order valence-electron chi connectivity index (χ4n) is 2.11. The van der Waals surface area contributed by atoms with Crippen LogP contribution in [0.15, 0.2) is 28.7 Å². The molecule has 1 aromatic carbocycles. The average molecular weight is 310 g/mol. The topological polar surface area (TPSA) is 53.0 Å². The quantitative estimate of drug-likeness (QED) is 0.878. The molecule has 0 spiro atoms. The Bertz CT molecular complexity index is 414. The van der Waals surface area contributed by atoms with Crippen LogP contribution in [0, 0.1) is 11.3 Å². The number of rotatable bonds is 6. The van der Waals surface area contributed by atoms with E-state index >= 15 is 0 Å². The maximum Gasteiger partial charge on any atom is 0.0635 e. The zero-order chi connectivity index (χ0) is 13.5. The Morgan fingerprint density at radius 3 is 2.78 bits per heavy atom. The van der Waals surface area contributed by atoms with Crippen molar-refractivity contribution in [3.05, 3.63) is 34.3 Å². The first-order chi connectivity index (χ1) is 8.60.